The largest absolute Gasteiger partial charge is 0.345 e. The molecule has 2 heterocycles. The first-order valence-corrected chi connectivity index (χ1v) is 17.3. The van der Waals surface area contributed by atoms with E-state index < -0.39 is 16.9 Å². The van der Waals surface area contributed by atoms with Crippen molar-refractivity contribution in [1.29, 1.82) is 0 Å². The lowest BCUT2D eigenvalue weighted by atomic mass is 9.76. The van der Waals surface area contributed by atoms with Crippen molar-refractivity contribution in [2.24, 2.45) is 0 Å². The summed E-state index contributed by atoms with van der Waals surface area (Å²) in [5.41, 5.74) is 8.37. The summed E-state index contributed by atoms with van der Waals surface area (Å²) in [6.45, 7) is 0. The van der Waals surface area contributed by atoms with E-state index in [2.05, 4.69) is 102 Å². The molecule has 6 aromatic rings. The number of thioether (sulfide) groups is 1. The molecule has 4 aliphatic rings. The van der Waals surface area contributed by atoms with Gasteiger partial charge in [0, 0.05) is 21.6 Å². The number of benzene rings is 6. The maximum Gasteiger partial charge on any atom is 0.194 e. The van der Waals surface area contributed by atoms with Crippen molar-refractivity contribution in [3.8, 4) is 0 Å². The first-order chi connectivity index (χ1) is 23.7. The van der Waals surface area contributed by atoms with Gasteiger partial charge in [-0.2, -0.15) is 0 Å². The second-order valence-corrected chi connectivity index (χ2v) is 14.1. The molecule has 48 heavy (non-hydrogen) atoms. The summed E-state index contributed by atoms with van der Waals surface area (Å²) in [5, 5.41) is -0.102. The average molecular weight is 636 g/mol. The summed E-state index contributed by atoms with van der Waals surface area (Å²) in [7, 11) is 0. The summed E-state index contributed by atoms with van der Waals surface area (Å²) in [6.07, 6.45) is 0. The lowest BCUT2D eigenvalue weighted by Gasteiger charge is -2.35. The lowest BCUT2D eigenvalue weighted by molar-refractivity contribution is 0.0947. The molecule has 1 saturated carbocycles. The van der Waals surface area contributed by atoms with Gasteiger partial charge in [-0.05, 0) is 45.5 Å². The van der Waals surface area contributed by atoms with E-state index in [9.17, 15) is 4.79 Å². The van der Waals surface area contributed by atoms with Crippen molar-refractivity contribution in [2.75, 3.05) is 4.90 Å². The summed E-state index contributed by atoms with van der Waals surface area (Å²) in [5.74, 6) is 0.142. The van der Waals surface area contributed by atoms with E-state index in [4.69, 9.17) is 0 Å². The smallest absolute Gasteiger partial charge is 0.194 e. The third kappa shape index (κ3) is 3.30. The van der Waals surface area contributed by atoms with Crippen molar-refractivity contribution in [3.63, 3.8) is 0 Å². The van der Waals surface area contributed by atoms with Crippen LogP contribution in [-0.4, -0.2) is 23.0 Å². The van der Waals surface area contributed by atoms with Gasteiger partial charge in [-0.1, -0.05) is 163 Å². The van der Waals surface area contributed by atoms with Crippen LogP contribution in [-0.2, 0) is 10.8 Å². The van der Waals surface area contributed by atoms with Gasteiger partial charge >= 0.3 is 0 Å². The monoisotopic (exact) mass is 635 g/mol. The third-order valence-corrected chi connectivity index (χ3v) is 12.3. The summed E-state index contributed by atoms with van der Waals surface area (Å²) >= 11 is 1.86. The molecule has 0 unspecified atom stereocenters. The Bertz CT molecular complexity index is 2280. The minimum Gasteiger partial charge on any atom is -0.345 e. The standard InChI is InChI=1S/C44H29NO2S/c46-38(28-16-4-1-5-17-28)41-43(29-18-6-2-7-19-29)40(37-31-22-10-12-24-33(31)39(47)34-25-13-11-23-32(34)37)44(43,30-20-8-3-9-21-30)42-45(41)35-26-14-15-27-36(35)48-42/h1-27,41-42H/t41-,42+,43-,44+/m0/s1. The summed E-state index contributed by atoms with van der Waals surface area (Å²) < 4.78 is 0. The number of anilines is 1. The predicted octanol–water partition coefficient (Wildman–Crippen LogP) is 9.13. The van der Waals surface area contributed by atoms with E-state index in [1.54, 1.807) is 0 Å². The van der Waals surface area contributed by atoms with E-state index in [0.717, 1.165) is 28.0 Å². The van der Waals surface area contributed by atoms with Crippen molar-refractivity contribution in [2.45, 2.75) is 27.1 Å². The lowest BCUT2D eigenvalue weighted by Crippen LogP contribution is -2.47. The summed E-state index contributed by atoms with van der Waals surface area (Å²) in [4.78, 5) is 33.1. The molecule has 0 N–H and O–H groups in total. The van der Waals surface area contributed by atoms with Gasteiger partial charge in [0.1, 0.15) is 6.04 Å². The van der Waals surface area contributed by atoms with Crippen LogP contribution in [0.2, 0.25) is 0 Å². The Hall–Kier alpha value is -5.45. The first-order valence-electron chi connectivity index (χ1n) is 16.4. The number of rotatable bonds is 4. The van der Waals surface area contributed by atoms with E-state index in [1.807, 2.05) is 78.5 Å². The number of ketones is 2. The molecule has 4 atom stereocenters. The highest BCUT2D eigenvalue weighted by Crippen LogP contribution is 2.84. The Morgan fingerprint density at radius 3 is 1.62 bits per heavy atom. The SMILES string of the molecule is O=C1c2ccccc2C(=C2[C@]3(c4ccccc4)[C@H]4Sc5ccccc5N4[C@@H](C(=O)c4ccccc4)[C@]23c2ccccc2)c2ccccc21. The third-order valence-electron chi connectivity index (χ3n) is 10.9. The summed E-state index contributed by atoms with van der Waals surface area (Å²) in [6, 6.07) is 55.3. The topological polar surface area (TPSA) is 37.4 Å². The number of hydrogen-bond donors (Lipinski definition) is 0. The van der Waals surface area contributed by atoms with Crippen LogP contribution in [0.15, 0.2) is 174 Å². The van der Waals surface area contributed by atoms with Crippen molar-refractivity contribution < 1.29 is 9.59 Å². The highest BCUT2D eigenvalue weighted by Gasteiger charge is 2.88. The molecule has 0 bridgehead atoms. The van der Waals surface area contributed by atoms with Crippen LogP contribution in [0.4, 0.5) is 5.69 Å². The molecule has 0 radical (unpaired) electrons. The van der Waals surface area contributed by atoms with Crippen LogP contribution in [0.3, 0.4) is 0 Å². The highest BCUT2D eigenvalue weighted by molar-refractivity contribution is 8.00. The van der Waals surface area contributed by atoms with Crippen molar-refractivity contribution in [1.82, 2.24) is 0 Å². The maximum atomic E-state index is 15.4. The molecular weight excluding hydrogens is 607 g/mol. The van der Waals surface area contributed by atoms with Crippen LogP contribution in [0, 0.1) is 0 Å². The van der Waals surface area contributed by atoms with Crippen molar-refractivity contribution in [3.05, 3.63) is 208 Å². The first kappa shape index (κ1) is 27.6. The maximum absolute atomic E-state index is 15.4. The number of piperidine rings is 1. The fourth-order valence-electron chi connectivity index (χ4n) is 9.25. The number of hydrogen-bond acceptors (Lipinski definition) is 4. The zero-order valence-corrected chi connectivity index (χ0v) is 26.7. The van der Waals surface area contributed by atoms with Crippen LogP contribution in [0.5, 0.6) is 0 Å². The Kier molecular flexibility index (Phi) is 5.77. The highest BCUT2D eigenvalue weighted by atomic mass is 32.2. The van der Waals surface area contributed by atoms with E-state index in [1.165, 1.54) is 16.0 Å². The quantitative estimate of drug-likeness (QED) is 0.181. The van der Waals surface area contributed by atoms with Crippen molar-refractivity contribution >= 4 is 34.6 Å². The Morgan fingerprint density at radius 1 is 0.542 bits per heavy atom. The van der Waals surface area contributed by atoms with Gasteiger partial charge in [0.2, 0.25) is 0 Å². The number of para-hydroxylation sites is 1. The molecule has 2 aliphatic heterocycles. The number of carbonyl (C=O) groups is 2. The molecule has 10 rings (SSSR count). The van der Waals surface area contributed by atoms with Gasteiger partial charge in [0.15, 0.2) is 11.6 Å². The molecule has 2 fully saturated rings. The fraction of sp³-hybridized carbons (Fsp3) is 0.0909. The van der Waals surface area contributed by atoms with Crippen LogP contribution in [0.25, 0.3) is 5.57 Å². The normalized spacial score (nSPS) is 24.3. The molecule has 1 saturated heterocycles. The molecule has 4 heteroatoms. The van der Waals surface area contributed by atoms with E-state index in [-0.39, 0.29) is 16.9 Å². The Balaban J connectivity index is 1.41. The minimum absolute atomic E-state index is 0.0417. The molecule has 6 aromatic carbocycles. The zero-order chi connectivity index (χ0) is 32.0. The molecule has 0 aromatic heterocycles. The molecule has 228 valence electrons. The molecule has 0 amide bonds. The van der Waals surface area contributed by atoms with Crippen LogP contribution in [0.1, 0.15) is 48.5 Å². The predicted molar refractivity (Wildman–Crippen MR) is 192 cm³/mol. The van der Waals surface area contributed by atoms with E-state index in [0.29, 0.717) is 16.7 Å². The number of nitrogens with zero attached hydrogens (tertiary/aromatic N) is 1. The molecule has 2 aliphatic carbocycles. The van der Waals surface area contributed by atoms with Crippen LogP contribution >= 0.6 is 11.8 Å². The average Bonchev–Trinajstić information content (AvgIpc) is 3.44. The zero-order valence-electron chi connectivity index (χ0n) is 25.9. The van der Waals surface area contributed by atoms with Gasteiger partial charge in [-0.25, -0.2) is 0 Å². The molecule has 0 spiro atoms. The van der Waals surface area contributed by atoms with Gasteiger partial charge < -0.3 is 4.90 Å². The Morgan fingerprint density at radius 2 is 1.02 bits per heavy atom. The number of Topliss-reactive ketones (excluding diaryl/α,β-unsaturated/α-hetero) is 1. The number of fused-ring (bicyclic) bond motifs is 7. The van der Waals surface area contributed by atoms with E-state index >= 15 is 4.79 Å². The number of carbonyl (C=O) groups excluding carboxylic acids is 2. The van der Waals surface area contributed by atoms with Gasteiger partial charge in [0.25, 0.3) is 0 Å². The molecular formula is C44H29NO2S. The van der Waals surface area contributed by atoms with Gasteiger partial charge in [0.05, 0.1) is 21.9 Å². The fourth-order valence-corrected chi connectivity index (χ4v) is 10.9. The minimum atomic E-state index is -0.732. The second-order valence-electron chi connectivity index (χ2n) is 13.0. The van der Waals surface area contributed by atoms with Gasteiger partial charge in [-0.3, -0.25) is 9.59 Å². The second kappa shape index (κ2) is 10.0. The van der Waals surface area contributed by atoms with Crippen LogP contribution < -0.4 is 4.90 Å². The molecule has 3 nitrogen and oxygen atoms in total. The van der Waals surface area contributed by atoms with Gasteiger partial charge in [-0.15, -0.1) is 0 Å². The Labute approximate surface area is 283 Å².